The summed E-state index contributed by atoms with van der Waals surface area (Å²) in [7, 11) is 0. The molecule has 0 spiro atoms. The molecule has 0 aromatic heterocycles. The van der Waals surface area contributed by atoms with Gasteiger partial charge in [0.05, 0.1) is 13.2 Å². The van der Waals surface area contributed by atoms with Gasteiger partial charge in [-0.1, -0.05) is 26.8 Å². The first-order chi connectivity index (χ1) is 10.4. The Morgan fingerprint density at radius 2 is 2.22 bits per heavy atom. The van der Waals surface area contributed by atoms with Crippen LogP contribution in [0, 0.1) is 6.08 Å². The van der Waals surface area contributed by atoms with Crippen LogP contribution in [0.3, 0.4) is 0 Å². The molecule has 1 heterocycles. The average Bonchev–Trinajstić information content (AvgIpc) is 2.45. The summed E-state index contributed by atoms with van der Waals surface area (Å²) in [5, 5.41) is -0.857. The number of carbonyl (C=O) groups is 1. The minimum absolute atomic E-state index is 0. The summed E-state index contributed by atoms with van der Waals surface area (Å²) in [4.78, 5) is 13.1. The van der Waals surface area contributed by atoms with E-state index in [9.17, 15) is 13.6 Å². The molecule has 2 rings (SSSR count). The van der Waals surface area contributed by atoms with Crippen LogP contribution in [0.2, 0.25) is 0 Å². The summed E-state index contributed by atoms with van der Waals surface area (Å²) in [6, 6.07) is 5.15. The average molecular weight is 483 g/mol. The quantitative estimate of drug-likeness (QED) is 0.467. The molecule has 1 unspecified atom stereocenters. The van der Waals surface area contributed by atoms with E-state index in [0.717, 1.165) is 4.90 Å². The number of carbonyl (C=O) groups excluding carboxylic acids is 1. The van der Waals surface area contributed by atoms with Gasteiger partial charge in [-0.05, 0) is 19.1 Å². The molecule has 1 amide bonds. The second-order valence-corrected chi connectivity index (χ2v) is 5.99. The van der Waals surface area contributed by atoms with Crippen molar-refractivity contribution in [1.82, 2.24) is 4.90 Å². The van der Waals surface area contributed by atoms with Crippen molar-refractivity contribution in [3.63, 3.8) is 0 Å². The largest absolute Gasteiger partial charge is 0.494 e. The van der Waals surface area contributed by atoms with Gasteiger partial charge < -0.3 is 9.64 Å². The fourth-order valence-electron chi connectivity index (χ4n) is 2.15. The SMILES string of the molecule is CCOc1ccc(C2=[C-]CC(Cl)C(=O)N2CC(F)F)c(Br)c1.[Y]. The Labute approximate surface area is 172 Å². The van der Waals surface area contributed by atoms with Crippen LogP contribution < -0.4 is 4.74 Å². The molecule has 1 aliphatic rings. The zero-order valence-corrected chi connectivity index (χ0v) is 17.5. The number of hydrogen-bond donors (Lipinski definition) is 0. The monoisotopic (exact) mass is 481 g/mol. The Morgan fingerprint density at radius 3 is 2.78 bits per heavy atom. The molecule has 0 saturated carbocycles. The molecular formula is C15H14BrClF2NO2Y-. The maximum absolute atomic E-state index is 12.8. The number of amides is 1. The Morgan fingerprint density at radius 1 is 1.52 bits per heavy atom. The van der Waals surface area contributed by atoms with Crippen molar-refractivity contribution in [1.29, 1.82) is 0 Å². The summed E-state index contributed by atoms with van der Waals surface area (Å²) < 4.78 is 31.5. The van der Waals surface area contributed by atoms with E-state index in [1.807, 2.05) is 6.92 Å². The minimum Gasteiger partial charge on any atom is -0.494 e. The molecule has 1 aromatic carbocycles. The predicted molar refractivity (Wildman–Crippen MR) is 83.9 cm³/mol. The minimum atomic E-state index is -2.65. The second-order valence-electron chi connectivity index (χ2n) is 4.61. The fraction of sp³-hybridized carbons (Fsp3) is 0.400. The topological polar surface area (TPSA) is 29.5 Å². The van der Waals surface area contributed by atoms with Crippen LogP contribution >= 0.6 is 27.5 Å². The van der Waals surface area contributed by atoms with Crippen molar-refractivity contribution < 1.29 is 51.0 Å². The molecule has 0 aliphatic carbocycles. The number of halogens is 4. The van der Waals surface area contributed by atoms with Crippen LogP contribution in [0.4, 0.5) is 8.78 Å². The Bertz CT molecular complexity index is 601. The van der Waals surface area contributed by atoms with E-state index in [-0.39, 0.29) is 39.1 Å². The molecule has 1 radical (unpaired) electrons. The standard InChI is InChI=1S/C15H14BrClF2NO2.Y/c1-2-22-9-3-4-10(11(16)7-9)13-6-5-12(17)15(21)20(13)8-14(18)19;/h3-4,7,12,14H,2,5,8H2,1H3;/q-1;. The molecule has 123 valence electrons. The first kappa shape index (κ1) is 21.0. The van der Waals surface area contributed by atoms with Crippen molar-refractivity contribution in [2.75, 3.05) is 13.2 Å². The van der Waals surface area contributed by atoms with Crippen LogP contribution in [-0.2, 0) is 37.5 Å². The molecule has 1 atom stereocenters. The summed E-state index contributed by atoms with van der Waals surface area (Å²) in [6.07, 6.45) is 0.490. The van der Waals surface area contributed by atoms with Gasteiger partial charge in [0.1, 0.15) is 11.1 Å². The second kappa shape index (κ2) is 9.45. The third-order valence-electron chi connectivity index (χ3n) is 3.08. The van der Waals surface area contributed by atoms with Gasteiger partial charge in [0.15, 0.2) is 0 Å². The van der Waals surface area contributed by atoms with Crippen molar-refractivity contribution in [2.45, 2.75) is 25.1 Å². The van der Waals surface area contributed by atoms with E-state index < -0.39 is 24.3 Å². The summed E-state index contributed by atoms with van der Waals surface area (Å²) in [5.74, 6) is 0.119. The van der Waals surface area contributed by atoms with E-state index >= 15 is 0 Å². The molecule has 1 aliphatic heterocycles. The summed E-state index contributed by atoms with van der Waals surface area (Å²) in [6.45, 7) is 1.68. The maximum Gasteiger partial charge on any atom is 0.256 e. The molecule has 3 nitrogen and oxygen atoms in total. The summed E-state index contributed by atoms with van der Waals surface area (Å²) >= 11 is 9.24. The fourth-order valence-corrected chi connectivity index (χ4v) is 2.89. The van der Waals surface area contributed by atoms with Gasteiger partial charge in [0.2, 0.25) is 5.91 Å². The third-order valence-corrected chi connectivity index (χ3v) is 4.08. The Hall–Kier alpha value is -0.0361. The number of nitrogens with zero attached hydrogens (tertiary/aromatic N) is 1. The number of ether oxygens (including phenoxy) is 1. The first-order valence-corrected chi connectivity index (χ1v) is 7.94. The van der Waals surface area contributed by atoms with Crippen LogP contribution in [0.5, 0.6) is 5.75 Å². The van der Waals surface area contributed by atoms with Crippen LogP contribution in [-0.4, -0.2) is 35.8 Å². The number of alkyl halides is 3. The number of allylic oxidation sites excluding steroid dienone is 1. The summed E-state index contributed by atoms with van der Waals surface area (Å²) in [5.41, 5.74) is 0.915. The molecule has 23 heavy (non-hydrogen) atoms. The molecular weight excluding hydrogens is 468 g/mol. The molecule has 1 aromatic rings. The van der Waals surface area contributed by atoms with Crippen LogP contribution in [0.25, 0.3) is 5.70 Å². The van der Waals surface area contributed by atoms with Gasteiger partial charge in [0.25, 0.3) is 6.43 Å². The predicted octanol–water partition coefficient (Wildman–Crippen LogP) is 4.09. The third kappa shape index (κ3) is 5.22. The number of benzene rings is 1. The van der Waals surface area contributed by atoms with E-state index in [4.69, 9.17) is 16.3 Å². The van der Waals surface area contributed by atoms with Crippen LogP contribution in [0.1, 0.15) is 18.9 Å². The van der Waals surface area contributed by atoms with Gasteiger partial charge in [-0.2, -0.15) is 0 Å². The normalized spacial score (nSPS) is 17.8. The van der Waals surface area contributed by atoms with Gasteiger partial charge in [-0.25, -0.2) is 14.9 Å². The van der Waals surface area contributed by atoms with Crippen molar-refractivity contribution >= 4 is 39.1 Å². The zero-order valence-electron chi connectivity index (χ0n) is 12.4. The molecule has 0 N–H and O–H groups in total. The van der Waals surface area contributed by atoms with Crippen molar-refractivity contribution in [3.8, 4) is 5.75 Å². The van der Waals surface area contributed by atoms with Gasteiger partial charge in [-0.3, -0.25) is 4.79 Å². The Kier molecular flexibility index (Phi) is 8.63. The van der Waals surface area contributed by atoms with E-state index in [1.165, 1.54) is 0 Å². The zero-order chi connectivity index (χ0) is 16.3. The van der Waals surface area contributed by atoms with E-state index in [1.54, 1.807) is 18.2 Å². The van der Waals surface area contributed by atoms with Gasteiger partial charge in [-0.15, -0.1) is 28.9 Å². The number of rotatable bonds is 5. The van der Waals surface area contributed by atoms with Gasteiger partial charge in [0, 0.05) is 32.7 Å². The number of hydrogen-bond acceptors (Lipinski definition) is 2. The van der Waals surface area contributed by atoms with E-state index in [2.05, 4.69) is 22.0 Å². The molecule has 0 saturated heterocycles. The molecule has 0 fully saturated rings. The first-order valence-electron chi connectivity index (χ1n) is 6.71. The Balaban J connectivity index is 0.00000264. The molecule has 0 bridgehead atoms. The molecule has 8 heteroatoms. The smallest absolute Gasteiger partial charge is 0.256 e. The van der Waals surface area contributed by atoms with Crippen molar-refractivity contribution in [2.24, 2.45) is 0 Å². The van der Waals surface area contributed by atoms with E-state index in [0.29, 0.717) is 28.1 Å². The van der Waals surface area contributed by atoms with Crippen LogP contribution in [0.15, 0.2) is 22.7 Å². The van der Waals surface area contributed by atoms with Crippen molar-refractivity contribution in [3.05, 3.63) is 34.3 Å². The van der Waals surface area contributed by atoms with Gasteiger partial charge >= 0.3 is 0 Å². The maximum atomic E-state index is 12.8.